The third kappa shape index (κ3) is 3.47. The Morgan fingerprint density at radius 1 is 0.938 bits per heavy atom. The maximum Gasteiger partial charge on any atom is 0.416 e. The van der Waals surface area contributed by atoms with Crippen LogP contribution < -0.4 is 15.4 Å². The van der Waals surface area contributed by atoms with Gasteiger partial charge in [0.1, 0.15) is 6.67 Å². The van der Waals surface area contributed by atoms with Gasteiger partial charge in [-0.25, -0.2) is 4.39 Å². The predicted octanol–water partition coefficient (Wildman–Crippen LogP) is 4.61. The van der Waals surface area contributed by atoms with Crippen LogP contribution in [0.2, 0.25) is 0 Å². The van der Waals surface area contributed by atoms with Gasteiger partial charge in [0.05, 0.1) is 22.5 Å². The molecule has 1 amide bonds. The van der Waals surface area contributed by atoms with Crippen LogP contribution in [0.3, 0.4) is 0 Å². The van der Waals surface area contributed by atoms with Crippen LogP contribution in [0.15, 0.2) is 47.3 Å². The van der Waals surface area contributed by atoms with E-state index < -0.39 is 29.2 Å². The van der Waals surface area contributed by atoms with E-state index in [2.05, 4.69) is 4.98 Å². The van der Waals surface area contributed by atoms with E-state index in [-0.39, 0.29) is 34.7 Å². The number of phenols is 1. The summed E-state index contributed by atoms with van der Waals surface area (Å²) >= 11 is 0. The number of amides is 1. The van der Waals surface area contributed by atoms with Crippen LogP contribution in [0.5, 0.6) is 5.75 Å². The monoisotopic (exact) mass is 447 g/mol. The zero-order valence-electron chi connectivity index (χ0n) is 16.9. The number of fused-ring (bicyclic) bond motifs is 1. The lowest BCUT2D eigenvalue weighted by Crippen LogP contribution is -2.45. The number of halogens is 4. The number of alkyl halides is 3. The minimum absolute atomic E-state index is 0.0157. The molecule has 0 spiro atoms. The molecule has 1 aromatic heterocycles. The number of nitrogens with zero attached hydrogens (tertiary/aromatic N) is 2. The van der Waals surface area contributed by atoms with Crippen molar-refractivity contribution < 1.29 is 27.5 Å². The number of anilines is 3. The summed E-state index contributed by atoms with van der Waals surface area (Å²) in [5, 5.41) is 10.1. The molecule has 2 aromatic carbocycles. The van der Waals surface area contributed by atoms with E-state index in [9.17, 15) is 32.3 Å². The number of nitrogens with one attached hydrogen (secondary N) is 1. The van der Waals surface area contributed by atoms with Crippen molar-refractivity contribution in [1.29, 1.82) is 0 Å². The third-order valence-electron chi connectivity index (χ3n) is 5.40. The Hall–Kier alpha value is -3.82. The Labute approximate surface area is 179 Å². The molecule has 0 bridgehead atoms. The molecule has 2 N–H and O–H groups in total. The molecular weight excluding hydrogens is 430 g/mol. The van der Waals surface area contributed by atoms with Gasteiger partial charge >= 0.3 is 6.18 Å². The van der Waals surface area contributed by atoms with Gasteiger partial charge in [0.15, 0.2) is 11.6 Å². The summed E-state index contributed by atoms with van der Waals surface area (Å²) in [4.78, 5) is 30.1. The van der Waals surface area contributed by atoms with E-state index in [4.69, 9.17) is 0 Å². The first kappa shape index (κ1) is 21.4. The molecule has 0 aliphatic carbocycles. The Morgan fingerprint density at radius 2 is 1.62 bits per heavy atom. The Morgan fingerprint density at radius 3 is 2.28 bits per heavy atom. The van der Waals surface area contributed by atoms with E-state index >= 15 is 0 Å². The predicted molar refractivity (Wildman–Crippen MR) is 110 cm³/mol. The maximum absolute atomic E-state index is 13.8. The largest absolute Gasteiger partial charge is 0.505 e. The molecule has 4 rings (SSSR count). The SMILES string of the molecule is Cc1[nH]c(=O)ccc1N1CN(c2ccc(F)c(O)c2C)c2cc(C(F)(F)F)ccc2C1=O. The quantitative estimate of drug-likeness (QED) is 0.563. The van der Waals surface area contributed by atoms with Crippen molar-refractivity contribution in [3.63, 3.8) is 0 Å². The Bertz CT molecular complexity index is 1300. The molecule has 0 atom stereocenters. The molecule has 32 heavy (non-hydrogen) atoms. The number of aromatic nitrogens is 1. The minimum atomic E-state index is -4.64. The Balaban J connectivity index is 1.95. The van der Waals surface area contributed by atoms with Crippen LogP contribution in [-0.2, 0) is 6.18 Å². The van der Waals surface area contributed by atoms with Crippen molar-refractivity contribution >= 4 is 23.0 Å². The van der Waals surface area contributed by atoms with E-state index in [1.165, 1.54) is 34.9 Å². The summed E-state index contributed by atoms with van der Waals surface area (Å²) in [5.74, 6) is -2.08. The molecular formula is C22H17F4N3O3. The van der Waals surface area contributed by atoms with Gasteiger partial charge in [0.25, 0.3) is 5.91 Å². The average molecular weight is 447 g/mol. The zero-order chi connectivity index (χ0) is 23.4. The van der Waals surface area contributed by atoms with Crippen molar-refractivity contribution in [2.45, 2.75) is 20.0 Å². The van der Waals surface area contributed by atoms with Gasteiger partial charge in [0, 0.05) is 23.0 Å². The summed E-state index contributed by atoms with van der Waals surface area (Å²) in [6.07, 6.45) is -4.64. The zero-order valence-corrected chi connectivity index (χ0v) is 16.9. The number of H-pyrrole nitrogens is 1. The average Bonchev–Trinajstić information content (AvgIpc) is 2.73. The highest BCUT2D eigenvalue weighted by Gasteiger charge is 2.37. The first-order valence-electron chi connectivity index (χ1n) is 9.47. The van der Waals surface area contributed by atoms with E-state index in [1.54, 1.807) is 6.92 Å². The van der Waals surface area contributed by atoms with Gasteiger partial charge in [-0.2, -0.15) is 13.2 Å². The summed E-state index contributed by atoms with van der Waals surface area (Å²) in [6.45, 7) is 2.78. The lowest BCUT2D eigenvalue weighted by atomic mass is 10.0. The van der Waals surface area contributed by atoms with Crippen LogP contribution in [0.4, 0.5) is 34.6 Å². The number of aryl methyl sites for hydroxylation is 1. The number of rotatable bonds is 2. The number of benzene rings is 2. The number of aromatic amines is 1. The van der Waals surface area contributed by atoms with Crippen LogP contribution in [0.25, 0.3) is 0 Å². The fraction of sp³-hybridized carbons (Fsp3) is 0.182. The van der Waals surface area contributed by atoms with Gasteiger partial charge in [-0.15, -0.1) is 0 Å². The highest BCUT2D eigenvalue weighted by molar-refractivity contribution is 6.13. The summed E-state index contributed by atoms with van der Waals surface area (Å²) in [7, 11) is 0. The van der Waals surface area contributed by atoms with Crippen LogP contribution in [0, 0.1) is 19.7 Å². The molecule has 3 aromatic rings. The Kier molecular flexibility index (Phi) is 4.95. The van der Waals surface area contributed by atoms with Crippen LogP contribution >= 0.6 is 0 Å². The molecule has 0 saturated carbocycles. The van der Waals surface area contributed by atoms with Crippen molar-refractivity contribution in [3.05, 3.63) is 81.0 Å². The van der Waals surface area contributed by atoms with E-state index in [0.29, 0.717) is 11.4 Å². The van der Waals surface area contributed by atoms with Crippen molar-refractivity contribution in [2.24, 2.45) is 0 Å². The van der Waals surface area contributed by atoms with Crippen molar-refractivity contribution in [1.82, 2.24) is 4.98 Å². The molecule has 6 nitrogen and oxygen atoms in total. The standard InChI is InChI=1S/C22H17F4N3O3/c1-11-16(6-5-15(23)20(11)31)28-10-29(17-7-8-19(30)27-12(17)2)21(32)14-4-3-13(9-18(14)28)22(24,25)26/h3-9,31H,10H2,1-2H3,(H,27,30). The first-order valence-corrected chi connectivity index (χ1v) is 9.47. The lowest BCUT2D eigenvalue weighted by molar-refractivity contribution is -0.137. The van der Waals surface area contributed by atoms with E-state index in [1.807, 2.05) is 0 Å². The minimum Gasteiger partial charge on any atom is -0.505 e. The number of carbonyl (C=O) groups is 1. The lowest BCUT2D eigenvalue weighted by Gasteiger charge is -2.39. The highest BCUT2D eigenvalue weighted by atomic mass is 19.4. The summed E-state index contributed by atoms with van der Waals surface area (Å²) in [5.41, 5.74) is -0.303. The molecule has 1 aliphatic rings. The molecule has 0 unspecified atom stereocenters. The fourth-order valence-electron chi connectivity index (χ4n) is 3.74. The topological polar surface area (TPSA) is 76.6 Å². The maximum atomic E-state index is 13.8. The second kappa shape index (κ2) is 7.40. The van der Waals surface area contributed by atoms with Crippen LogP contribution in [-0.4, -0.2) is 22.7 Å². The number of hydrogen-bond donors (Lipinski definition) is 2. The second-order valence-corrected chi connectivity index (χ2v) is 7.41. The molecule has 10 heteroatoms. The van der Waals surface area contributed by atoms with Gasteiger partial charge in [-0.3, -0.25) is 14.5 Å². The molecule has 166 valence electrons. The molecule has 0 radical (unpaired) electrons. The van der Waals surface area contributed by atoms with Gasteiger partial charge in [0.2, 0.25) is 5.56 Å². The summed E-state index contributed by atoms with van der Waals surface area (Å²) in [6, 6.07) is 7.74. The third-order valence-corrected chi connectivity index (χ3v) is 5.40. The second-order valence-electron chi connectivity index (χ2n) is 7.41. The normalized spacial score (nSPS) is 14.0. The highest BCUT2D eigenvalue weighted by Crippen LogP contribution is 2.42. The smallest absolute Gasteiger partial charge is 0.416 e. The number of pyridine rings is 1. The van der Waals surface area contributed by atoms with Crippen molar-refractivity contribution in [2.75, 3.05) is 16.5 Å². The van der Waals surface area contributed by atoms with Crippen LogP contribution in [0.1, 0.15) is 27.2 Å². The van der Waals surface area contributed by atoms with Crippen molar-refractivity contribution in [3.8, 4) is 5.75 Å². The summed E-state index contributed by atoms with van der Waals surface area (Å²) < 4.78 is 54.0. The van der Waals surface area contributed by atoms with Gasteiger partial charge < -0.3 is 15.0 Å². The fourth-order valence-corrected chi connectivity index (χ4v) is 3.74. The molecule has 2 heterocycles. The van der Waals surface area contributed by atoms with E-state index in [0.717, 1.165) is 24.3 Å². The number of carbonyl (C=O) groups excluding carboxylic acids is 1. The number of hydrogen-bond acceptors (Lipinski definition) is 4. The van der Waals surface area contributed by atoms with Gasteiger partial charge in [-0.05, 0) is 50.2 Å². The molecule has 0 fully saturated rings. The first-order chi connectivity index (χ1) is 15.0. The molecule has 1 aliphatic heterocycles. The number of phenolic OH excluding ortho intramolecular Hbond substituents is 1. The van der Waals surface area contributed by atoms with Gasteiger partial charge in [-0.1, -0.05) is 0 Å². The molecule has 0 saturated heterocycles. The number of aromatic hydroxyl groups is 1.